The third-order valence-corrected chi connectivity index (χ3v) is 6.01. The highest BCUT2D eigenvalue weighted by Crippen LogP contribution is 2.42. The van der Waals surface area contributed by atoms with E-state index < -0.39 is 23.1 Å². The molecule has 35 heavy (non-hydrogen) atoms. The molecule has 11 nitrogen and oxygen atoms in total. The van der Waals surface area contributed by atoms with E-state index in [1.165, 1.54) is 24.8 Å². The van der Waals surface area contributed by atoms with Crippen LogP contribution in [0, 0.1) is 5.82 Å². The second-order valence-corrected chi connectivity index (χ2v) is 8.42. The van der Waals surface area contributed by atoms with Crippen LogP contribution in [0.3, 0.4) is 0 Å². The van der Waals surface area contributed by atoms with Crippen molar-refractivity contribution in [2.45, 2.75) is 13.0 Å². The van der Waals surface area contributed by atoms with Gasteiger partial charge in [0.15, 0.2) is 11.6 Å². The summed E-state index contributed by atoms with van der Waals surface area (Å²) in [6, 6.07) is 0.994. The van der Waals surface area contributed by atoms with Crippen LogP contribution >= 0.6 is 0 Å². The van der Waals surface area contributed by atoms with E-state index in [0.717, 1.165) is 19.2 Å². The normalized spacial score (nSPS) is 17.3. The number of halogens is 1. The van der Waals surface area contributed by atoms with Crippen LogP contribution in [0.25, 0.3) is 10.9 Å². The number of aromatic nitrogens is 3. The zero-order chi connectivity index (χ0) is 25.3. The number of benzene rings is 1. The first-order chi connectivity index (χ1) is 16.7. The molecule has 2 aliphatic rings. The standard InChI is InChI=1S/C18H20FN3O4.C5H5N3O/c1-10-9-26-17-14-11(16(23)12(18(24)25)8-22(10)14)7-13(19)15(17)21-5-3-20(2)4-6-21;6-5(9)4-3-7-1-2-8-4/h7-8,10H,3-6,9H2,1-2H3,(H,24,25);1-3H,(H2,6,9). The summed E-state index contributed by atoms with van der Waals surface area (Å²) >= 11 is 0. The van der Waals surface area contributed by atoms with Crippen LogP contribution in [0.2, 0.25) is 0 Å². The summed E-state index contributed by atoms with van der Waals surface area (Å²) < 4.78 is 22.6. The van der Waals surface area contributed by atoms with E-state index in [0.29, 0.717) is 30.0 Å². The molecular formula is C23H25FN6O5. The highest BCUT2D eigenvalue weighted by atomic mass is 19.1. The Kier molecular flexibility index (Phi) is 6.65. The quantitative estimate of drug-likeness (QED) is 0.559. The van der Waals surface area contributed by atoms with Crippen molar-refractivity contribution in [3.05, 3.63) is 58.2 Å². The predicted molar refractivity (Wildman–Crippen MR) is 126 cm³/mol. The highest BCUT2D eigenvalue weighted by molar-refractivity contribution is 5.97. The van der Waals surface area contributed by atoms with Gasteiger partial charge in [0.25, 0.3) is 5.91 Å². The average molecular weight is 484 g/mol. The molecule has 184 valence electrons. The number of nitrogens with two attached hydrogens (primary N) is 1. The van der Waals surface area contributed by atoms with Crippen molar-refractivity contribution in [1.29, 1.82) is 0 Å². The molecule has 2 aliphatic heterocycles. The molecule has 12 heteroatoms. The Labute approximate surface area is 199 Å². The van der Waals surface area contributed by atoms with Gasteiger partial charge < -0.3 is 29.9 Å². The van der Waals surface area contributed by atoms with E-state index in [4.69, 9.17) is 10.5 Å². The molecule has 0 bridgehead atoms. The summed E-state index contributed by atoms with van der Waals surface area (Å²) in [6.45, 7) is 5.08. The summed E-state index contributed by atoms with van der Waals surface area (Å²) in [5.74, 6) is -2.10. The number of hydrogen-bond donors (Lipinski definition) is 2. The minimum absolute atomic E-state index is 0.0434. The molecule has 1 aromatic carbocycles. The van der Waals surface area contributed by atoms with Crippen LogP contribution < -0.4 is 20.8 Å². The van der Waals surface area contributed by atoms with Crippen molar-refractivity contribution in [2.75, 3.05) is 44.7 Å². The summed E-state index contributed by atoms with van der Waals surface area (Å²) in [6.07, 6.45) is 5.56. The molecule has 1 unspecified atom stereocenters. The SMILES string of the molecule is CC1COc2c(N3CCN(C)CC3)c(F)cc3c(=O)c(C(=O)O)cn1c23.NC(=O)c1cnccn1. The maximum absolute atomic E-state index is 15.0. The molecule has 3 aromatic rings. The first kappa shape index (κ1) is 24.1. The number of carbonyl (C=O) groups is 2. The number of amides is 1. The van der Waals surface area contributed by atoms with E-state index in [1.54, 1.807) is 4.57 Å². The molecule has 0 aliphatic carbocycles. The molecule has 5 rings (SSSR count). The number of carboxylic acids is 1. The fourth-order valence-corrected chi connectivity index (χ4v) is 4.12. The van der Waals surface area contributed by atoms with E-state index in [2.05, 4.69) is 14.9 Å². The van der Waals surface area contributed by atoms with Crippen molar-refractivity contribution in [3.8, 4) is 5.75 Å². The number of nitrogens with zero attached hydrogens (tertiary/aromatic N) is 5. The maximum Gasteiger partial charge on any atom is 0.341 e. The number of anilines is 1. The molecular weight excluding hydrogens is 459 g/mol. The summed E-state index contributed by atoms with van der Waals surface area (Å²) in [5.41, 5.74) is 4.84. The minimum Gasteiger partial charge on any atom is -0.487 e. The Morgan fingerprint density at radius 2 is 1.94 bits per heavy atom. The number of carboxylic acid groups (broad SMARTS) is 1. The number of aromatic carboxylic acids is 1. The second-order valence-electron chi connectivity index (χ2n) is 8.42. The van der Waals surface area contributed by atoms with E-state index in [1.807, 2.05) is 18.9 Å². The number of primary amides is 1. The van der Waals surface area contributed by atoms with Crippen molar-refractivity contribution < 1.29 is 23.8 Å². The first-order valence-corrected chi connectivity index (χ1v) is 11.0. The summed E-state index contributed by atoms with van der Waals surface area (Å²) in [4.78, 5) is 45.7. The Hall–Kier alpha value is -4.06. The number of hydrogen-bond acceptors (Lipinski definition) is 8. The number of likely N-dealkylation sites (N-methyl/N-ethyl adjacent to an activating group) is 1. The molecule has 1 atom stereocenters. The number of piperazine rings is 1. The van der Waals surface area contributed by atoms with E-state index in [9.17, 15) is 23.9 Å². The van der Waals surface area contributed by atoms with Gasteiger partial charge in [0.2, 0.25) is 5.43 Å². The van der Waals surface area contributed by atoms with Gasteiger partial charge in [0, 0.05) is 44.8 Å². The van der Waals surface area contributed by atoms with Crippen LogP contribution in [0.15, 0.2) is 35.6 Å². The lowest BCUT2D eigenvalue weighted by Gasteiger charge is -2.37. The topological polar surface area (TPSA) is 144 Å². The van der Waals surface area contributed by atoms with Gasteiger partial charge in [-0.25, -0.2) is 14.2 Å². The van der Waals surface area contributed by atoms with E-state index >= 15 is 0 Å². The lowest BCUT2D eigenvalue weighted by molar-refractivity contribution is 0.0694. The fraction of sp³-hybridized carbons (Fsp3) is 0.348. The Bertz CT molecular complexity index is 1340. The maximum atomic E-state index is 15.0. The highest BCUT2D eigenvalue weighted by Gasteiger charge is 2.30. The van der Waals surface area contributed by atoms with Crippen molar-refractivity contribution >= 4 is 28.5 Å². The van der Waals surface area contributed by atoms with Crippen LogP contribution in [-0.4, -0.2) is 76.3 Å². The molecule has 0 radical (unpaired) electrons. The predicted octanol–water partition coefficient (Wildman–Crippen LogP) is 1.12. The summed E-state index contributed by atoms with van der Waals surface area (Å²) in [7, 11) is 2.02. The van der Waals surface area contributed by atoms with Gasteiger partial charge in [-0.3, -0.25) is 14.6 Å². The molecule has 1 fully saturated rings. The number of rotatable bonds is 3. The van der Waals surface area contributed by atoms with Gasteiger partial charge in [-0.05, 0) is 20.0 Å². The molecule has 3 N–H and O–H groups in total. The lowest BCUT2D eigenvalue weighted by Crippen LogP contribution is -2.45. The monoisotopic (exact) mass is 484 g/mol. The lowest BCUT2D eigenvalue weighted by atomic mass is 10.1. The van der Waals surface area contributed by atoms with Crippen LogP contribution in [0.5, 0.6) is 5.75 Å². The van der Waals surface area contributed by atoms with Gasteiger partial charge in [-0.1, -0.05) is 0 Å². The molecule has 0 saturated carbocycles. The number of carbonyl (C=O) groups excluding carboxylic acids is 1. The summed E-state index contributed by atoms with van der Waals surface area (Å²) in [5, 5.41) is 9.36. The Balaban J connectivity index is 0.000000271. The molecule has 4 heterocycles. The van der Waals surface area contributed by atoms with Crippen LogP contribution in [0.1, 0.15) is 33.8 Å². The van der Waals surface area contributed by atoms with Crippen molar-refractivity contribution in [1.82, 2.24) is 19.4 Å². The van der Waals surface area contributed by atoms with Crippen LogP contribution in [-0.2, 0) is 0 Å². The zero-order valence-electron chi connectivity index (χ0n) is 19.3. The largest absolute Gasteiger partial charge is 0.487 e. The number of ether oxygens (including phenoxy) is 1. The minimum atomic E-state index is -1.32. The van der Waals surface area contributed by atoms with Gasteiger partial charge in [0.1, 0.15) is 23.6 Å². The Morgan fingerprint density at radius 1 is 1.23 bits per heavy atom. The zero-order valence-corrected chi connectivity index (χ0v) is 19.3. The third kappa shape index (κ3) is 4.64. The Morgan fingerprint density at radius 3 is 2.51 bits per heavy atom. The van der Waals surface area contributed by atoms with Crippen molar-refractivity contribution in [2.24, 2.45) is 5.73 Å². The average Bonchev–Trinajstić information content (AvgIpc) is 2.84. The smallest absolute Gasteiger partial charge is 0.341 e. The molecule has 1 saturated heterocycles. The van der Waals surface area contributed by atoms with Gasteiger partial charge >= 0.3 is 5.97 Å². The third-order valence-electron chi connectivity index (χ3n) is 6.01. The fourth-order valence-electron chi connectivity index (χ4n) is 4.12. The van der Waals surface area contributed by atoms with Gasteiger partial charge in [-0.15, -0.1) is 0 Å². The number of pyridine rings is 1. The van der Waals surface area contributed by atoms with Crippen LogP contribution in [0.4, 0.5) is 10.1 Å². The van der Waals surface area contributed by atoms with Gasteiger partial charge in [0.05, 0.1) is 23.1 Å². The molecule has 1 amide bonds. The van der Waals surface area contributed by atoms with E-state index in [-0.39, 0.29) is 29.3 Å². The first-order valence-electron chi connectivity index (χ1n) is 11.0. The second kappa shape index (κ2) is 9.66. The van der Waals surface area contributed by atoms with Crippen molar-refractivity contribution in [3.63, 3.8) is 0 Å². The molecule has 2 aromatic heterocycles. The van der Waals surface area contributed by atoms with Gasteiger partial charge in [-0.2, -0.15) is 0 Å². The molecule has 0 spiro atoms.